The van der Waals surface area contributed by atoms with Crippen LogP contribution in [-0.2, 0) is 9.53 Å². The summed E-state index contributed by atoms with van der Waals surface area (Å²) in [6.45, 7) is 4.32. The third-order valence-electron chi connectivity index (χ3n) is 2.14. The highest BCUT2D eigenvalue weighted by atomic mass is 16.5. The topological polar surface area (TPSA) is 26.3 Å². The Balaban J connectivity index is 3.42. The van der Waals surface area contributed by atoms with Crippen molar-refractivity contribution < 1.29 is 9.53 Å². The molecule has 0 aromatic heterocycles. The van der Waals surface area contributed by atoms with Gasteiger partial charge < -0.3 is 4.74 Å². The van der Waals surface area contributed by atoms with E-state index in [1.165, 1.54) is 7.11 Å². The summed E-state index contributed by atoms with van der Waals surface area (Å²) in [5.74, 6) is 0.603. The van der Waals surface area contributed by atoms with Gasteiger partial charge in [0.05, 0.1) is 7.11 Å². The highest BCUT2D eigenvalue weighted by Crippen LogP contribution is 2.14. The van der Waals surface area contributed by atoms with E-state index in [9.17, 15) is 4.79 Å². The van der Waals surface area contributed by atoms with Crippen LogP contribution < -0.4 is 0 Å². The summed E-state index contributed by atoms with van der Waals surface area (Å²) in [5, 5.41) is 0. The summed E-state index contributed by atoms with van der Waals surface area (Å²) < 4.78 is 4.55. The van der Waals surface area contributed by atoms with Gasteiger partial charge in [0.2, 0.25) is 0 Å². The maximum Gasteiger partial charge on any atom is 0.305 e. The molecule has 0 bridgehead atoms. The van der Waals surface area contributed by atoms with Gasteiger partial charge in [-0.05, 0) is 12.3 Å². The molecule has 0 heterocycles. The number of hydrogen-bond acceptors (Lipinski definition) is 2. The van der Waals surface area contributed by atoms with E-state index >= 15 is 0 Å². The zero-order valence-electron chi connectivity index (χ0n) is 7.72. The molecular weight excluding hydrogens is 140 g/mol. The van der Waals surface area contributed by atoms with E-state index in [1.807, 2.05) is 0 Å². The SMILES string of the molecule is CCC(CC)CCC(=O)OC. The molecule has 0 fully saturated rings. The summed E-state index contributed by atoms with van der Waals surface area (Å²) >= 11 is 0. The van der Waals surface area contributed by atoms with Crippen molar-refractivity contribution in [1.82, 2.24) is 0 Å². The van der Waals surface area contributed by atoms with Crippen molar-refractivity contribution in [2.24, 2.45) is 5.92 Å². The second-order valence-corrected chi connectivity index (χ2v) is 2.80. The largest absolute Gasteiger partial charge is 0.469 e. The summed E-state index contributed by atoms with van der Waals surface area (Å²) in [7, 11) is 1.44. The van der Waals surface area contributed by atoms with Gasteiger partial charge in [-0.15, -0.1) is 0 Å². The van der Waals surface area contributed by atoms with Crippen LogP contribution in [0.4, 0.5) is 0 Å². The number of ether oxygens (including phenoxy) is 1. The van der Waals surface area contributed by atoms with Gasteiger partial charge in [0.1, 0.15) is 0 Å². The quantitative estimate of drug-likeness (QED) is 0.574. The molecular formula is C9H18O2. The van der Waals surface area contributed by atoms with Crippen LogP contribution in [-0.4, -0.2) is 13.1 Å². The minimum Gasteiger partial charge on any atom is -0.469 e. The molecule has 0 aromatic carbocycles. The van der Waals surface area contributed by atoms with Crippen LogP contribution in [0, 0.1) is 5.92 Å². The lowest BCUT2D eigenvalue weighted by Gasteiger charge is -2.09. The summed E-state index contributed by atoms with van der Waals surface area (Å²) in [6.07, 6.45) is 3.86. The Bertz CT molecular complexity index is 106. The van der Waals surface area contributed by atoms with Gasteiger partial charge in [-0.2, -0.15) is 0 Å². The van der Waals surface area contributed by atoms with E-state index in [-0.39, 0.29) is 5.97 Å². The molecule has 0 atom stereocenters. The van der Waals surface area contributed by atoms with E-state index in [0.717, 1.165) is 19.3 Å². The maximum atomic E-state index is 10.7. The van der Waals surface area contributed by atoms with E-state index < -0.39 is 0 Å². The number of hydrogen-bond donors (Lipinski definition) is 0. The van der Waals surface area contributed by atoms with Crippen LogP contribution in [0.3, 0.4) is 0 Å². The molecule has 0 N–H and O–H groups in total. The molecule has 0 amide bonds. The van der Waals surface area contributed by atoms with Gasteiger partial charge >= 0.3 is 5.97 Å². The van der Waals surface area contributed by atoms with Crippen molar-refractivity contribution in [2.45, 2.75) is 39.5 Å². The highest BCUT2D eigenvalue weighted by molar-refractivity contribution is 5.69. The molecule has 0 aliphatic carbocycles. The predicted octanol–water partition coefficient (Wildman–Crippen LogP) is 2.38. The van der Waals surface area contributed by atoms with Crippen LogP contribution in [0.15, 0.2) is 0 Å². The molecule has 0 spiro atoms. The second-order valence-electron chi connectivity index (χ2n) is 2.80. The van der Waals surface area contributed by atoms with E-state index in [4.69, 9.17) is 0 Å². The van der Waals surface area contributed by atoms with Gasteiger partial charge in [0, 0.05) is 6.42 Å². The van der Waals surface area contributed by atoms with Crippen molar-refractivity contribution in [3.63, 3.8) is 0 Å². The Kier molecular flexibility index (Phi) is 5.90. The van der Waals surface area contributed by atoms with Gasteiger partial charge in [-0.25, -0.2) is 0 Å². The number of carbonyl (C=O) groups is 1. The van der Waals surface area contributed by atoms with Crippen LogP contribution in [0.25, 0.3) is 0 Å². The first-order chi connectivity index (χ1) is 5.24. The minimum atomic E-state index is -0.0862. The van der Waals surface area contributed by atoms with Gasteiger partial charge in [0.25, 0.3) is 0 Å². The van der Waals surface area contributed by atoms with Crippen molar-refractivity contribution in [3.05, 3.63) is 0 Å². The number of carbonyl (C=O) groups excluding carboxylic acids is 1. The van der Waals surface area contributed by atoms with Crippen molar-refractivity contribution >= 4 is 5.97 Å². The third-order valence-corrected chi connectivity index (χ3v) is 2.14. The summed E-state index contributed by atoms with van der Waals surface area (Å²) in [6, 6.07) is 0. The molecule has 0 rings (SSSR count). The first-order valence-electron chi connectivity index (χ1n) is 4.31. The zero-order chi connectivity index (χ0) is 8.69. The number of esters is 1. The Morgan fingerprint density at radius 1 is 1.36 bits per heavy atom. The molecule has 2 heteroatoms. The van der Waals surface area contributed by atoms with Crippen LogP contribution in [0.5, 0.6) is 0 Å². The Morgan fingerprint density at radius 2 is 1.91 bits per heavy atom. The molecule has 0 saturated carbocycles. The monoisotopic (exact) mass is 158 g/mol. The Morgan fingerprint density at radius 3 is 2.27 bits per heavy atom. The number of methoxy groups -OCH3 is 1. The Labute approximate surface area is 68.9 Å². The van der Waals surface area contributed by atoms with E-state index in [2.05, 4.69) is 18.6 Å². The third kappa shape index (κ3) is 4.82. The van der Waals surface area contributed by atoms with Crippen molar-refractivity contribution in [1.29, 1.82) is 0 Å². The van der Waals surface area contributed by atoms with Gasteiger partial charge in [-0.1, -0.05) is 26.7 Å². The first kappa shape index (κ1) is 10.5. The summed E-state index contributed by atoms with van der Waals surface area (Å²) in [4.78, 5) is 10.7. The van der Waals surface area contributed by atoms with Crippen LogP contribution in [0.1, 0.15) is 39.5 Å². The van der Waals surface area contributed by atoms with E-state index in [0.29, 0.717) is 12.3 Å². The van der Waals surface area contributed by atoms with Crippen molar-refractivity contribution in [3.8, 4) is 0 Å². The fraction of sp³-hybridized carbons (Fsp3) is 0.889. The van der Waals surface area contributed by atoms with Crippen molar-refractivity contribution in [2.75, 3.05) is 7.11 Å². The molecule has 66 valence electrons. The molecule has 2 nitrogen and oxygen atoms in total. The fourth-order valence-corrected chi connectivity index (χ4v) is 1.12. The summed E-state index contributed by atoms with van der Waals surface area (Å²) in [5.41, 5.74) is 0. The Hall–Kier alpha value is -0.530. The lowest BCUT2D eigenvalue weighted by atomic mass is 9.98. The maximum absolute atomic E-state index is 10.7. The molecule has 0 radical (unpaired) electrons. The molecule has 0 aromatic rings. The number of rotatable bonds is 5. The zero-order valence-corrected chi connectivity index (χ0v) is 7.72. The lowest BCUT2D eigenvalue weighted by molar-refractivity contribution is -0.140. The average Bonchev–Trinajstić information content (AvgIpc) is 2.06. The second kappa shape index (κ2) is 6.20. The standard InChI is InChI=1S/C9H18O2/c1-4-8(5-2)6-7-9(10)11-3/h8H,4-7H2,1-3H3. The molecule has 0 aliphatic rings. The van der Waals surface area contributed by atoms with Crippen LogP contribution in [0.2, 0.25) is 0 Å². The fourth-order valence-electron chi connectivity index (χ4n) is 1.12. The average molecular weight is 158 g/mol. The highest BCUT2D eigenvalue weighted by Gasteiger charge is 2.06. The minimum absolute atomic E-state index is 0.0862. The normalized spacial score (nSPS) is 10.2. The lowest BCUT2D eigenvalue weighted by Crippen LogP contribution is -2.04. The molecule has 11 heavy (non-hydrogen) atoms. The van der Waals surface area contributed by atoms with Gasteiger partial charge in [-0.3, -0.25) is 4.79 Å². The predicted molar refractivity (Wildman–Crippen MR) is 45.3 cm³/mol. The van der Waals surface area contributed by atoms with Gasteiger partial charge in [0.15, 0.2) is 0 Å². The smallest absolute Gasteiger partial charge is 0.305 e. The molecule has 0 aliphatic heterocycles. The van der Waals surface area contributed by atoms with Crippen LogP contribution >= 0.6 is 0 Å². The molecule has 0 saturated heterocycles. The van der Waals surface area contributed by atoms with E-state index in [1.54, 1.807) is 0 Å². The molecule has 0 unspecified atom stereocenters. The first-order valence-corrected chi connectivity index (χ1v) is 4.31.